The van der Waals surface area contributed by atoms with Crippen molar-refractivity contribution < 1.29 is 13.9 Å². The van der Waals surface area contributed by atoms with E-state index in [9.17, 15) is 9.18 Å². The van der Waals surface area contributed by atoms with E-state index in [0.717, 1.165) is 42.6 Å². The predicted octanol–water partition coefficient (Wildman–Crippen LogP) is 4.97. The molecular formula is C22H25FN2O2. The maximum absolute atomic E-state index is 13.8. The summed E-state index contributed by atoms with van der Waals surface area (Å²) in [5.41, 5.74) is 4.96. The molecule has 0 saturated carbocycles. The van der Waals surface area contributed by atoms with E-state index in [1.54, 1.807) is 26.0 Å². The van der Waals surface area contributed by atoms with Gasteiger partial charge in [0.15, 0.2) is 0 Å². The fourth-order valence-electron chi connectivity index (χ4n) is 3.28. The first-order valence-corrected chi connectivity index (χ1v) is 9.29. The van der Waals surface area contributed by atoms with Crippen LogP contribution in [0.15, 0.2) is 54.1 Å². The van der Waals surface area contributed by atoms with Gasteiger partial charge in [0.2, 0.25) is 0 Å². The number of piperidine rings is 1. The van der Waals surface area contributed by atoms with Gasteiger partial charge in [-0.1, -0.05) is 29.8 Å². The SMILES string of the molecule is CC(C)OC(=O)Nc1ccc(C(=C2CCNCC2)c2cccc(F)c2)cc1. The normalized spacial score (nSPS) is 14.1. The number of hydrogen-bond acceptors (Lipinski definition) is 3. The Bertz CT molecular complexity index is 820. The van der Waals surface area contributed by atoms with Crippen molar-refractivity contribution in [1.82, 2.24) is 5.32 Å². The third kappa shape index (κ3) is 5.17. The highest BCUT2D eigenvalue weighted by Gasteiger charge is 2.15. The van der Waals surface area contributed by atoms with Crippen LogP contribution in [0.2, 0.25) is 0 Å². The Morgan fingerprint density at radius 1 is 1.07 bits per heavy atom. The molecule has 1 heterocycles. The minimum Gasteiger partial charge on any atom is -0.447 e. The van der Waals surface area contributed by atoms with Crippen LogP contribution in [0, 0.1) is 5.82 Å². The van der Waals surface area contributed by atoms with Crippen LogP contribution in [0.4, 0.5) is 14.9 Å². The molecule has 2 N–H and O–H groups in total. The van der Waals surface area contributed by atoms with Gasteiger partial charge < -0.3 is 10.1 Å². The van der Waals surface area contributed by atoms with Gasteiger partial charge >= 0.3 is 6.09 Å². The summed E-state index contributed by atoms with van der Waals surface area (Å²) in [6.45, 7) is 5.46. The minimum atomic E-state index is -0.472. The maximum Gasteiger partial charge on any atom is 0.411 e. The molecule has 4 nitrogen and oxygen atoms in total. The fraction of sp³-hybridized carbons (Fsp3) is 0.318. The second kappa shape index (κ2) is 8.82. The summed E-state index contributed by atoms with van der Waals surface area (Å²) < 4.78 is 18.9. The van der Waals surface area contributed by atoms with Gasteiger partial charge in [0, 0.05) is 5.69 Å². The molecule has 2 aromatic rings. The van der Waals surface area contributed by atoms with Crippen molar-refractivity contribution in [3.8, 4) is 0 Å². The van der Waals surface area contributed by atoms with E-state index in [0.29, 0.717) is 5.69 Å². The van der Waals surface area contributed by atoms with E-state index in [4.69, 9.17) is 4.74 Å². The number of carbonyl (C=O) groups excluding carboxylic acids is 1. The highest BCUT2D eigenvalue weighted by molar-refractivity contribution is 5.86. The summed E-state index contributed by atoms with van der Waals surface area (Å²) in [7, 11) is 0. The van der Waals surface area contributed by atoms with Crippen LogP contribution in [-0.2, 0) is 4.74 Å². The van der Waals surface area contributed by atoms with E-state index in [1.807, 2.05) is 30.3 Å². The Kier molecular flexibility index (Phi) is 6.24. The zero-order valence-electron chi connectivity index (χ0n) is 15.7. The Hall–Kier alpha value is -2.66. The fourth-order valence-corrected chi connectivity index (χ4v) is 3.28. The third-order valence-electron chi connectivity index (χ3n) is 4.44. The number of ether oxygens (including phenoxy) is 1. The van der Waals surface area contributed by atoms with Gasteiger partial charge in [-0.2, -0.15) is 0 Å². The molecule has 1 amide bonds. The van der Waals surface area contributed by atoms with Gasteiger partial charge in [-0.25, -0.2) is 9.18 Å². The molecule has 27 heavy (non-hydrogen) atoms. The minimum absolute atomic E-state index is 0.173. The second-order valence-corrected chi connectivity index (χ2v) is 6.90. The molecule has 5 heteroatoms. The molecule has 0 atom stereocenters. The maximum atomic E-state index is 13.8. The summed E-state index contributed by atoms with van der Waals surface area (Å²) in [4.78, 5) is 11.8. The van der Waals surface area contributed by atoms with Crippen molar-refractivity contribution >= 4 is 17.4 Å². The largest absolute Gasteiger partial charge is 0.447 e. The van der Waals surface area contributed by atoms with Crippen molar-refractivity contribution in [2.75, 3.05) is 18.4 Å². The predicted molar refractivity (Wildman–Crippen MR) is 106 cm³/mol. The van der Waals surface area contributed by atoms with Crippen LogP contribution in [0.3, 0.4) is 0 Å². The lowest BCUT2D eigenvalue weighted by Gasteiger charge is -2.21. The van der Waals surface area contributed by atoms with Gasteiger partial charge in [-0.05, 0) is 80.7 Å². The number of rotatable bonds is 4. The number of carbonyl (C=O) groups is 1. The smallest absolute Gasteiger partial charge is 0.411 e. The van der Waals surface area contributed by atoms with Crippen LogP contribution in [0.25, 0.3) is 5.57 Å². The zero-order chi connectivity index (χ0) is 19.2. The molecule has 0 radical (unpaired) electrons. The molecule has 3 rings (SSSR count). The summed E-state index contributed by atoms with van der Waals surface area (Å²) in [6.07, 6.45) is 1.23. The Labute approximate surface area is 159 Å². The van der Waals surface area contributed by atoms with Gasteiger partial charge in [0.1, 0.15) is 5.82 Å². The standard InChI is InChI=1S/C22H25FN2O2/c1-15(2)27-22(26)25-20-8-6-16(7-9-20)21(17-10-12-24-13-11-17)18-4-3-5-19(23)14-18/h3-9,14-15,24H,10-13H2,1-2H3,(H,25,26). The van der Waals surface area contributed by atoms with Gasteiger partial charge in [0.25, 0.3) is 0 Å². The summed E-state index contributed by atoms with van der Waals surface area (Å²) >= 11 is 0. The first-order chi connectivity index (χ1) is 13.0. The molecule has 0 aliphatic carbocycles. The molecule has 1 aliphatic heterocycles. The van der Waals surface area contributed by atoms with Crippen molar-refractivity contribution in [1.29, 1.82) is 0 Å². The first kappa shape index (κ1) is 19.1. The van der Waals surface area contributed by atoms with Crippen molar-refractivity contribution in [2.45, 2.75) is 32.8 Å². The molecule has 0 bridgehead atoms. The van der Waals surface area contributed by atoms with Crippen molar-refractivity contribution in [3.05, 3.63) is 71.0 Å². The summed E-state index contributed by atoms with van der Waals surface area (Å²) in [6, 6.07) is 14.3. The number of anilines is 1. The molecule has 142 valence electrons. The topological polar surface area (TPSA) is 50.4 Å². The molecule has 1 aliphatic rings. The Morgan fingerprint density at radius 3 is 2.41 bits per heavy atom. The van der Waals surface area contributed by atoms with Crippen LogP contribution in [0.5, 0.6) is 0 Å². The van der Waals surface area contributed by atoms with E-state index < -0.39 is 6.09 Å². The second-order valence-electron chi connectivity index (χ2n) is 6.90. The quantitative estimate of drug-likeness (QED) is 0.801. The third-order valence-corrected chi connectivity index (χ3v) is 4.44. The van der Waals surface area contributed by atoms with Crippen LogP contribution < -0.4 is 10.6 Å². The highest BCUT2D eigenvalue weighted by Crippen LogP contribution is 2.32. The van der Waals surface area contributed by atoms with Crippen LogP contribution >= 0.6 is 0 Å². The summed E-state index contributed by atoms with van der Waals surface area (Å²) in [5, 5.41) is 6.08. The van der Waals surface area contributed by atoms with E-state index in [-0.39, 0.29) is 11.9 Å². The average molecular weight is 368 g/mol. The molecular weight excluding hydrogens is 343 g/mol. The molecule has 2 aromatic carbocycles. The van der Waals surface area contributed by atoms with Crippen molar-refractivity contribution in [2.24, 2.45) is 0 Å². The molecule has 0 spiro atoms. The number of halogens is 1. The highest BCUT2D eigenvalue weighted by atomic mass is 19.1. The number of nitrogens with one attached hydrogen (secondary N) is 2. The molecule has 1 saturated heterocycles. The van der Waals surface area contributed by atoms with E-state index in [1.165, 1.54) is 11.6 Å². The lowest BCUT2D eigenvalue weighted by Crippen LogP contribution is -2.23. The monoisotopic (exact) mass is 368 g/mol. The Balaban J connectivity index is 1.90. The lowest BCUT2D eigenvalue weighted by atomic mass is 9.88. The number of hydrogen-bond donors (Lipinski definition) is 2. The van der Waals surface area contributed by atoms with Crippen LogP contribution in [-0.4, -0.2) is 25.3 Å². The van der Waals surface area contributed by atoms with E-state index in [2.05, 4.69) is 10.6 Å². The Morgan fingerprint density at radius 2 is 1.78 bits per heavy atom. The lowest BCUT2D eigenvalue weighted by molar-refractivity contribution is 0.130. The van der Waals surface area contributed by atoms with E-state index >= 15 is 0 Å². The van der Waals surface area contributed by atoms with Crippen LogP contribution in [0.1, 0.15) is 37.8 Å². The summed E-state index contributed by atoms with van der Waals surface area (Å²) in [5.74, 6) is -0.241. The van der Waals surface area contributed by atoms with Gasteiger partial charge in [0.05, 0.1) is 6.10 Å². The molecule has 0 unspecified atom stereocenters. The number of benzene rings is 2. The van der Waals surface area contributed by atoms with Gasteiger partial charge in [-0.3, -0.25) is 5.32 Å². The first-order valence-electron chi connectivity index (χ1n) is 9.29. The average Bonchev–Trinajstić information content (AvgIpc) is 2.64. The number of amides is 1. The molecule has 0 aromatic heterocycles. The van der Waals surface area contributed by atoms with Crippen molar-refractivity contribution in [3.63, 3.8) is 0 Å². The van der Waals surface area contributed by atoms with Gasteiger partial charge in [-0.15, -0.1) is 0 Å². The molecule has 1 fully saturated rings. The zero-order valence-corrected chi connectivity index (χ0v) is 15.7.